The highest BCUT2D eigenvalue weighted by Gasteiger charge is 2.28. The maximum atomic E-state index is 5.47. The molecular weight excluding hydrogens is 350 g/mol. The largest absolute Gasteiger partial charge is 0.379 e. The van der Waals surface area contributed by atoms with Gasteiger partial charge in [0.1, 0.15) is 0 Å². The van der Waals surface area contributed by atoms with Crippen molar-refractivity contribution < 1.29 is 4.74 Å². The Morgan fingerprint density at radius 2 is 2.00 bits per heavy atom. The maximum absolute atomic E-state index is 5.47. The number of nitrogens with one attached hydrogen (secondary N) is 3. The Morgan fingerprint density at radius 1 is 1.21 bits per heavy atom. The molecule has 0 unspecified atom stereocenters. The summed E-state index contributed by atoms with van der Waals surface area (Å²) in [5, 5.41) is 8.28. The zero-order valence-corrected chi connectivity index (χ0v) is 17.8. The summed E-state index contributed by atoms with van der Waals surface area (Å²) in [7, 11) is 1.83. The lowest BCUT2D eigenvalue weighted by atomic mass is 10.0. The lowest BCUT2D eigenvalue weighted by Gasteiger charge is -2.41. The fraction of sp³-hybridized carbons (Fsp3) is 0.591. The van der Waals surface area contributed by atoms with E-state index >= 15 is 0 Å². The monoisotopic (exact) mass is 385 g/mol. The molecular formula is C22H35N5O. The number of benzene rings is 1. The number of morpholine rings is 1. The lowest BCUT2D eigenvalue weighted by Crippen LogP contribution is -2.56. The van der Waals surface area contributed by atoms with E-state index in [1.807, 2.05) is 7.05 Å². The van der Waals surface area contributed by atoms with Crippen LogP contribution in [0.4, 0.5) is 0 Å². The number of rotatable bonds is 7. The number of fused-ring (bicyclic) bond motifs is 1. The fourth-order valence-corrected chi connectivity index (χ4v) is 3.89. The first-order valence-corrected chi connectivity index (χ1v) is 10.4. The molecule has 0 bridgehead atoms. The fourth-order valence-electron chi connectivity index (χ4n) is 3.89. The Morgan fingerprint density at radius 3 is 2.71 bits per heavy atom. The SMILES string of the molecule is CCc1cccc2c(CCNC(=NC)NCC(C)(C)N3CCOCC3)c[nH]c12. The van der Waals surface area contributed by atoms with Crippen LogP contribution in [0.3, 0.4) is 0 Å². The van der Waals surface area contributed by atoms with Gasteiger partial charge in [0, 0.05) is 55.9 Å². The molecule has 1 fully saturated rings. The van der Waals surface area contributed by atoms with Crippen LogP contribution in [-0.2, 0) is 17.6 Å². The maximum Gasteiger partial charge on any atom is 0.191 e. The van der Waals surface area contributed by atoms with Crippen LogP contribution in [0.15, 0.2) is 29.4 Å². The third-order valence-electron chi connectivity index (χ3n) is 5.73. The van der Waals surface area contributed by atoms with Gasteiger partial charge in [-0.3, -0.25) is 9.89 Å². The second-order valence-corrected chi connectivity index (χ2v) is 8.02. The summed E-state index contributed by atoms with van der Waals surface area (Å²) in [4.78, 5) is 10.3. The van der Waals surface area contributed by atoms with Crippen molar-refractivity contribution in [2.45, 2.75) is 39.2 Å². The van der Waals surface area contributed by atoms with Gasteiger partial charge in [-0.15, -0.1) is 0 Å². The smallest absolute Gasteiger partial charge is 0.191 e. The van der Waals surface area contributed by atoms with E-state index in [0.29, 0.717) is 0 Å². The number of para-hydroxylation sites is 1. The van der Waals surface area contributed by atoms with E-state index in [0.717, 1.165) is 58.2 Å². The average Bonchev–Trinajstić information content (AvgIpc) is 3.14. The Labute approximate surface area is 168 Å². The molecule has 1 aliphatic rings. The number of guanidine groups is 1. The van der Waals surface area contributed by atoms with E-state index in [9.17, 15) is 0 Å². The number of H-pyrrole nitrogens is 1. The molecule has 154 valence electrons. The highest BCUT2D eigenvalue weighted by Crippen LogP contribution is 2.22. The van der Waals surface area contributed by atoms with Crippen molar-refractivity contribution in [2.24, 2.45) is 4.99 Å². The Kier molecular flexibility index (Phi) is 6.97. The van der Waals surface area contributed by atoms with E-state index in [-0.39, 0.29) is 5.54 Å². The van der Waals surface area contributed by atoms with Gasteiger partial charge in [-0.2, -0.15) is 0 Å². The van der Waals surface area contributed by atoms with Gasteiger partial charge in [0.2, 0.25) is 0 Å². The average molecular weight is 386 g/mol. The van der Waals surface area contributed by atoms with Crippen LogP contribution in [0.25, 0.3) is 10.9 Å². The van der Waals surface area contributed by atoms with Gasteiger partial charge in [0.05, 0.1) is 13.2 Å². The molecule has 28 heavy (non-hydrogen) atoms. The van der Waals surface area contributed by atoms with E-state index in [1.54, 1.807) is 0 Å². The molecule has 0 saturated carbocycles. The standard InChI is InChI=1S/C22H35N5O/c1-5-17-7-6-8-19-18(15-25-20(17)19)9-10-24-21(23-4)26-16-22(2,3)27-11-13-28-14-12-27/h6-8,15,25H,5,9-14,16H2,1-4H3,(H2,23,24,26). The van der Waals surface area contributed by atoms with Crippen molar-refractivity contribution in [2.75, 3.05) is 46.4 Å². The zero-order valence-electron chi connectivity index (χ0n) is 17.8. The molecule has 3 rings (SSSR count). The number of aromatic nitrogens is 1. The number of aliphatic imine (C=N–C) groups is 1. The lowest BCUT2D eigenvalue weighted by molar-refractivity contribution is -0.00833. The third kappa shape index (κ3) is 4.86. The summed E-state index contributed by atoms with van der Waals surface area (Å²) < 4.78 is 5.47. The quantitative estimate of drug-likeness (QED) is 0.506. The highest BCUT2D eigenvalue weighted by atomic mass is 16.5. The van der Waals surface area contributed by atoms with Gasteiger partial charge >= 0.3 is 0 Å². The van der Waals surface area contributed by atoms with E-state index in [2.05, 4.69) is 70.7 Å². The highest BCUT2D eigenvalue weighted by molar-refractivity contribution is 5.86. The van der Waals surface area contributed by atoms with Gasteiger partial charge in [-0.05, 0) is 37.8 Å². The number of aromatic amines is 1. The molecule has 1 aromatic heterocycles. The second-order valence-electron chi connectivity index (χ2n) is 8.02. The predicted octanol–water partition coefficient (Wildman–Crippen LogP) is 2.55. The van der Waals surface area contributed by atoms with Gasteiger partial charge in [-0.25, -0.2) is 0 Å². The van der Waals surface area contributed by atoms with Crippen LogP contribution in [0, 0.1) is 0 Å². The molecule has 1 aromatic carbocycles. The normalized spacial score (nSPS) is 16.5. The van der Waals surface area contributed by atoms with Crippen molar-refractivity contribution in [1.82, 2.24) is 20.5 Å². The molecule has 1 saturated heterocycles. The third-order valence-corrected chi connectivity index (χ3v) is 5.73. The molecule has 3 N–H and O–H groups in total. The minimum Gasteiger partial charge on any atom is -0.379 e. The van der Waals surface area contributed by atoms with Crippen molar-refractivity contribution >= 4 is 16.9 Å². The number of nitrogens with zero attached hydrogens (tertiary/aromatic N) is 2. The molecule has 6 nitrogen and oxygen atoms in total. The molecule has 6 heteroatoms. The van der Waals surface area contributed by atoms with Crippen molar-refractivity contribution in [3.8, 4) is 0 Å². The number of ether oxygens (including phenoxy) is 1. The molecule has 0 radical (unpaired) electrons. The topological polar surface area (TPSA) is 64.7 Å². The van der Waals surface area contributed by atoms with Crippen LogP contribution in [-0.4, -0.2) is 67.8 Å². The second kappa shape index (κ2) is 9.43. The molecule has 0 amide bonds. The molecule has 0 spiro atoms. The van der Waals surface area contributed by atoms with Crippen LogP contribution in [0.5, 0.6) is 0 Å². The first-order chi connectivity index (χ1) is 13.5. The Hall–Kier alpha value is -2.05. The summed E-state index contributed by atoms with van der Waals surface area (Å²) in [5.41, 5.74) is 4.06. The number of hydrogen-bond donors (Lipinski definition) is 3. The minimum absolute atomic E-state index is 0.0643. The van der Waals surface area contributed by atoms with Crippen LogP contribution >= 0.6 is 0 Å². The molecule has 0 aliphatic carbocycles. The molecule has 2 heterocycles. The first-order valence-electron chi connectivity index (χ1n) is 10.4. The minimum atomic E-state index is 0.0643. The van der Waals surface area contributed by atoms with Gasteiger partial charge in [0.15, 0.2) is 5.96 Å². The summed E-state index contributed by atoms with van der Waals surface area (Å²) in [6.07, 6.45) is 4.15. The first kappa shape index (κ1) is 20.7. The van der Waals surface area contributed by atoms with Crippen LogP contribution < -0.4 is 10.6 Å². The van der Waals surface area contributed by atoms with Gasteiger partial charge in [0.25, 0.3) is 0 Å². The number of aryl methyl sites for hydroxylation is 1. The summed E-state index contributed by atoms with van der Waals surface area (Å²) in [6.45, 7) is 12.1. The van der Waals surface area contributed by atoms with Crippen molar-refractivity contribution in [3.63, 3.8) is 0 Å². The van der Waals surface area contributed by atoms with Crippen molar-refractivity contribution in [1.29, 1.82) is 0 Å². The van der Waals surface area contributed by atoms with E-state index in [4.69, 9.17) is 4.74 Å². The molecule has 1 aliphatic heterocycles. The summed E-state index contributed by atoms with van der Waals surface area (Å²) in [6, 6.07) is 6.56. The van der Waals surface area contributed by atoms with E-state index < -0.39 is 0 Å². The molecule has 0 atom stereocenters. The van der Waals surface area contributed by atoms with Crippen molar-refractivity contribution in [3.05, 3.63) is 35.5 Å². The van der Waals surface area contributed by atoms with Gasteiger partial charge < -0.3 is 20.4 Å². The molecule has 2 aromatic rings. The van der Waals surface area contributed by atoms with Crippen LogP contribution in [0.2, 0.25) is 0 Å². The Balaban J connectivity index is 1.51. The summed E-state index contributed by atoms with van der Waals surface area (Å²) >= 11 is 0. The van der Waals surface area contributed by atoms with Gasteiger partial charge in [-0.1, -0.05) is 25.1 Å². The predicted molar refractivity (Wildman–Crippen MR) is 117 cm³/mol. The van der Waals surface area contributed by atoms with E-state index in [1.165, 1.54) is 22.0 Å². The zero-order chi connectivity index (χ0) is 20.0. The Bertz CT molecular complexity index is 789. The summed E-state index contributed by atoms with van der Waals surface area (Å²) in [5.74, 6) is 0.857. The van der Waals surface area contributed by atoms with Crippen LogP contribution in [0.1, 0.15) is 31.9 Å². The number of hydrogen-bond acceptors (Lipinski definition) is 3.